The van der Waals surface area contributed by atoms with Crippen LogP contribution in [0.25, 0.3) is 21.8 Å². The highest BCUT2D eigenvalue weighted by Gasteiger charge is 2.14. The Morgan fingerprint density at radius 3 is 2.62 bits per heavy atom. The first-order valence-corrected chi connectivity index (χ1v) is 8.02. The lowest BCUT2D eigenvalue weighted by Crippen LogP contribution is -2.12. The molecule has 0 aliphatic carbocycles. The van der Waals surface area contributed by atoms with Crippen molar-refractivity contribution in [1.82, 2.24) is 19.7 Å². The highest BCUT2D eigenvalue weighted by molar-refractivity contribution is 6.28. The molecule has 5 nitrogen and oxygen atoms in total. The van der Waals surface area contributed by atoms with Gasteiger partial charge in [0, 0.05) is 36.2 Å². The van der Waals surface area contributed by atoms with Gasteiger partial charge in [-0.1, -0.05) is 12.1 Å². The first-order chi connectivity index (χ1) is 11.5. The normalized spacial score (nSPS) is 11.3. The molecule has 0 N–H and O–H groups in total. The summed E-state index contributed by atoms with van der Waals surface area (Å²) in [6.45, 7) is 2.07. The third kappa shape index (κ3) is 2.29. The van der Waals surface area contributed by atoms with E-state index in [1.54, 1.807) is 0 Å². The number of anilines is 2. The standard InChI is InChI=1S/C18H16ClN5/c1-11-13-9-8-12(10-16(13)22-24(11)3)23(2)17-14-6-4-5-7-15(14)20-18(19)21-17/h4-10H,1-3H3. The maximum atomic E-state index is 6.11. The fraction of sp³-hybridized carbons (Fsp3) is 0.167. The number of aromatic nitrogens is 4. The average molecular weight is 338 g/mol. The molecule has 0 amide bonds. The molecule has 0 aliphatic rings. The van der Waals surface area contributed by atoms with Crippen LogP contribution in [0.4, 0.5) is 11.5 Å². The van der Waals surface area contributed by atoms with Crippen molar-refractivity contribution >= 4 is 44.9 Å². The van der Waals surface area contributed by atoms with Crippen molar-refractivity contribution in [2.45, 2.75) is 6.92 Å². The summed E-state index contributed by atoms with van der Waals surface area (Å²) in [6, 6.07) is 14.1. The first-order valence-electron chi connectivity index (χ1n) is 7.64. The van der Waals surface area contributed by atoms with Crippen LogP contribution in [0.5, 0.6) is 0 Å². The summed E-state index contributed by atoms with van der Waals surface area (Å²) in [5.74, 6) is 0.776. The van der Waals surface area contributed by atoms with Crippen molar-refractivity contribution in [2.24, 2.45) is 7.05 Å². The highest BCUT2D eigenvalue weighted by Crippen LogP contribution is 2.31. The quantitative estimate of drug-likeness (QED) is 0.513. The molecule has 0 bridgehead atoms. The van der Waals surface area contributed by atoms with Crippen LogP contribution >= 0.6 is 11.6 Å². The Bertz CT molecular complexity index is 1070. The van der Waals surface area contributed by atoms with Crippen LogP contribution in [-0.2, 0) is 7.05 Å². The van der Waals surface area contributed by atoms with E-state index in [-0.39, 0.29) is 5.28 Å². The molecule has 0 atom stereocenters. The second-order valence-electron chi connectivity index (χ2n) is 5.80. The Hall–Kier alpha value is -2.66. The Kier molecular flexibility index (Phi) is 3.39. The molecule has 0 radical (unpaired) electrons. The fourth-order valence-corrected chi connectivity index (χ4v) is 3.11. The third-order valence-electron chi connectivity index (χ3n) is 4.38. The molecule has 6 heteroatoms. The minimum atomic E-state index is 0.241. The number of rotatable bonds is 2. The topological polar surface area (TPSA) is 46.8 Å². The van der Waals surface area contributed by atoms with Crippen LogP contribution in [0, 0.1) is 6.92 Å². The van der Waals surface area contributed by atoms with E-state index in [1.807, 2.05) is 47.9 Å². The van der Waals surface area contributed by atoms with Crippen LogP contribution < -0.4 is 4.90 Å². The number of hydrogen-bond donors (Lipinski definition) is 0. The van der Waals surface area contributed by atoms with Gasteiger partial charge in [0.25, 0.3) is 0 Å². The minimum Gasteiger partial charge on any atom is -0.329 e. The van der Waals surface area contributed by atoms with Gasteiger partial charge in [0.05, 0.1) is 11.0 Å². The monoisotopic (exact) mass is 337 g/mol. The van der Waals surface area contributed by atoms with Gasteiger partial charge in [-0.25, -0.2) is 4.98 Å². The second-order valence-corrected chi connectivity index (χ2v) is 6.14. The van der Waals surface area contributed by atoms with E-state index in [2.05, 4.69) is 40.2 Å². The number of halogens is 1. The molecular weight excluding hydrogens is 322 g/mol. The zero-order valence-electron chi connectivity index (χ0n) is 13.7. The van der Waals surface area contributed by atoms with Gasteiger partial charge in [0.15, 0.2) is 0 Å². The van der Waals surface area contributed by atoms with E-state index < -0.39 is 0 Å². The summed E-state index contributed by atoms with van der Waals surface area (Å²) in [5, 5.41) is 6.91. The van der Waals surface area contributed by atoms with E-state index in [0.717, 1.165) is 39.0 Å². The molecule has 4 aromatic rings. The lowest BCUT2D eigenvalue weighted by atomic mass is 10.1. The molecule has 0 unspecified atom stereocenters. The van der Waals surface area contributed by atoms with Crippen molar-refractivity contribution in [3.63, 3.8) is 0 Å². The van der Waals surface area contributed by atoms with Crippen LogP contribution in [0.1, 0.15) is 5.69 Å². The van der Waals surface area contributed by atoms with Gasteiger partial charge < -0.3 is 4.90 Å². The molecule has 0 fully saturated rings. The third-order valence-corrected chi connectivity index (χ3v) is 4.54. The lowest BCUT2D eigenvalue weighted by molar-refractivity contribution is 0.751. The van der Waals surface area contributed by atoms with Gasteiger partial charge in [0.1, 0.15) is 5.82 Å². The van der Waals surface area contributed by atoms with Crippen LogP contribution in [0.15, 0.2) is 42.5 Å². The van der Waals surface area contributed by atoms with Crippen molar-refractivity contribution in [3.8, 4) is 0 Å². The van der Waals surface area contributed by atoms with Gasteiger partial charge >= 0.3 is 0 Å². The number of fused-ring (bicyclic) bond motifs is 2. The summed E-state index contributed by atoms with van der Waals surface area (Å²) in [6.07, 6.45) is 0. The van der Waals surface area contributed by atoms with Crippen LogP contribution in [-0.4, -0.2) is 26.8 Å². The average Bonchev–Trinajstić information content (AvgIpc) is 2.87. The molecule has 2 aromatic heterocycles. The summed E-state index contributed by atoms with van der Waals surface area (Å²) in [5.41, 5.74) is 3.94. The van der Waals surface area contributed by atoms with Crippen molar-refractivity contribution < 1.29 is 0 Å². The highest BCUT2D eigenvalue weighted by atomic mass is 35.5. The second kappa shape index (κ2) is 5.46. The molecule has 0 spiro atoms. The maximum Gasteiger partial charge on any atom is 0.224 e. The number of para-hydroxylation sites is 1. The molecule has 120 valence electrons. The lowest BCUT2D eigenvalue weighted by Gasteiger charge is -2.20. The van der Waals surface area contributed by atoms with E-state index in [0.29, 0.717) is 0 Å². The minimum absolute atomic E-state index is 0.241. The zero-order chi connectivity index (χ0) is 16.8. The van der Waals surface area contributed by atoms with E-state index in [4.69, 9.17) is 11.6 Å². The largest absolute Gasteiger partial charge is 0.329 e. The maximum absolute atomic E-state index is 6.11. The predicted molar refractivity (Wildman–Crippen MR) is 98.1 cm³/mol. The Morgan fingerprint density at radius 1 is 1.00 bits per heavy atom. The van der Waals surface area contributed by atoms with Gasteiger partial charge in [0.2, 0.25) is 5.28 Å². The first kappa shape index (κ1) is 14.9. The predicted octanol–water partition coefficient (Wildman–Crippen LogP) is 4.25. The number of benzene rings is 2. The molecular formula is C18H16ClN5. The molecule has 0 saturated heterocycles. The molecule has 4 rings (SSSR count). The van der Waals surface area contributed by atoms with E-state index in [9.17, 15) is 0 Å². The van der Waals surface area contributed by atoms with Crippen LogP contribution in [0.3, 0.4) is 0 Å². The molecule has 0 saturated carbocycles. The van der Waals surface area contributed by atoms with Gasteiger partial charge in [-0.2, -0.15) is 10.1 Å². The molecule has 0 aliphatic heterocycles. The van der Waals surface area contributed by atoms with E-state index >= 15 is 0 Å². The molecule has 24 heavy (non-hydrogen) atoms. The molecule has 2 aromatic carbocycles. The van der Waals surface area contributed by atoms with Crippen molar-refractivity contribution in [2.75, 3.05) is 11.9 Å². The Balaban J connectivity index is 1.88. The summed E-state index contributed by atoms with van der Waals surface area (Å²) in [7, 11) is 3.93. The fourth-order valence-electron chi connectivity index (χ4n) is 2.94. The Labute approximate surface area is 144 Å². The van der Waals surface area contributed by atoms with E-state index in [1.165, 1.54) is 0 Å². The number of hydrogen-bond acceptors (Lipinski definition) is 4. The summed E-state index contributed by atoms with van der Waals surface area (Å²) < 4.78 is 1.89. The smallest absolute Gasteiger partial charge is 0.224 e. The molecule has 2 heterocycles. The van der Waals surface area contributed by atoms with Gasteiger partial charge in [-0.15, -0.1) is 0 Å². The zero-order valence-corrected chi connectivity index (χ0v) is 14.4. The number of aryl methyl sites for hydroxylation is 2. The van der Waals surface area contributed by atoms with Gasteiger partial charge in [-0.3, -0.25) is 4.68 Å². The summed E-state index contributed by atoms with van der Waals surface area (Å²) >= 11 is 6.11. The van der Waals surface area contributed by atoms with Gasteiger partial charge in [-0.05, 0) is 48.9 Å². The number of nitrogens with zero attached hydrogens (tertiary/aromatic N) is 5. The van der Waals surface area contributed by atoms with Crippen molar-refractivity contribution in [1.29, 1.82) is 0 Å². The summed E-state index contributed by atoms with van der Waals surface area (Å²) in [4.78, 5) is 10.7. The van der Waals surface area contributed by atoms with Crippen molar-refractivity contribution in [3.05, 3.63) is 53.4 Å². The SMILES string of the molecule is Cc1c2ccc(N(C)c3nc(Cl)nc4ccccc34)cc2nn1C. The van der Waals surface area contributed by atoms with Crippen LogP contribution in [0.2, 0.25) is 5.28 Å². The Morgan fingerprint density at radius 2 is 1.79 bits per heavy atom.